The van der Waals surface area contributed by atoms with Crippen LogP contribution < -0.4 is 0 Å². The van der Waals surface area contributed by atoms with Gasteiger partial charge in [0.2, 0.25) is 0 Å². The summed E-state index contributed by atoms with van der Waals surface area (Å²) in [5, 5.41) is 16.3. The molecule has 3 aromatic carbocycles. The van der Waals surface area contributed by atoms with E-state index in [1.54, 1.807) is 17.7 Å². The van der Waals surface area contributed by atoms with E-state index in [0.717, 1.165) is 59.0 Å². The number of aryl methyl sites for hydroxylation is 1. The molecule has 0 fully saturated rings. The second kappa shape index (κ2) is 16.8. The second-order valence-corrected chi connectivity index (χ2v) is 18.5. The smallest absolute Gasteiger partial charge is 0.164 e. The fourth-order valence-corrected chi connectivity index (χ4v) is 9.62. The predicted octanol–water partition coefficient (Wildman–Crippen LogP) is 14.1. The Morgan fingerprint density at radius 1 is 0.868 bits per heavy atom. The summed E-state index contributed by atoms with van der Waals surface area (Å²) in [5.41, 5.74) is 4.18. The maximum atomic E-state index is 12.2. The molecule has 0 atom stereocenters. The number of allylic oxidation sites excluding steroid dienone is 2. The number of nitrogens with zero attached hydrogens (tertiary/aromatic N) is 2. The maximum Gasteiger partial charge on any atom is 0.164 e. The van der Waals surface area contributed by atoms with E-state index >= 15 is 0 Å². The minimum Gasteiger partial charge on any atom is -0.512 e. The number of ketones is 1. The molecular formula is C46H57IrN2O2S2-. The molecule has 0 aliphatic carbocycles. The topological polar surface area (TPSA) is 63.1 Å². The van der Waals surface area contributed by atoms with E-state index in [0.29, 0.717) is 5.92 Å². The summed E-state index contributed by atoms with van der Waals surface area (Å²) in [5.74, 6) is 0.936. The van der Waals surface area contributed by atoms with Crippen LogP contribution in [0.25, 0.3) is 52.4 Å². The van der Waals surface area contributed by atoms with Crippen molar-refractivity contribution in [1.29, 1.82) is 0 Å². The van der Waals surface area contributed by atoms with Crippen molar-refractivity contribution in [2.75, 3.05) is 0 Å². The van der Waals surface area contributed by atoms with E-state index in [9.17, 15) is 9.90 Å². The van der Waals surface area contributed by atoms with Crippen molar-refractivity contribution < 1.29 is 30.0 Å². The Bertz CT molecular complexity index is 2260. The number of hydrogen-bond acceptors (Lipinski definition) is 6. The maximum absolute atomic E-state index is 12.2. The molecule has 0 spiro atoms. The molecule has 0 unspecified atom stereocenters. The number of fused-ring (bicyclic) bond motifs is 6. The van der Waals surface area contributed by atoms with Crippen LogP contribution >= 0.6 is 22.7 Å². The van der Waals surface area contributed by atoms with Crippen LogP contribution in [0, 0.1) is 29.7 Å². The molecule has 0 saturated heterocycles. The van der Waals surface area contributed by atoms with Gasteiger partial charge in [0, 0.05) is 67.8 Å². The molecule has 1 N–H and O–H groups in total. The van der Waals surface area contributed by atoms with Crippen LogP contribution in [-0.2, 0) is 36.7 Å². The van der Waals surface area contributed by atoms with Gasteiger partial charge in [-0.25, -0.2) is 4.98 Å². The van der Waals surface area contributed by atoms with E-state index in [-0.39, 0.29) is 47.9 Å². The van der Waals surface area contributed by atoms with Crippen LogP contribution in [0.15, 0.2) is 60.6 Å². The molecule has 6 aromatic rings. The van der Waals surface area contributed by atoms with Gasteiger partial charge in [0.1, 0.15) is 16.9 Å². The van der Waals surface area contributed by atoms with Gasteiger partial charge >= 0.3 is 0 Å². The minimum atomic E-state index is -0.337. The van der Waals surface area contributed by atoms with Gasteiger partial charge in [-0.15, -0.1) is 51.8 Å². The third-order valence-electron chi connectivity index (χ3n) is 11.5. The van der Waals surface area contributed by atoms with Gasteiger partial charge in [0.05, 0.1) is 0 Å². The number of hydrogen-bond donors (Lipinski definition) is 1. The van der Waals surface area contributed by atoms with Gasteiger partial charge in [-0.05, 0) is 67.4 Å². The van der Waals surface area contributed by atoms with Crippen LogP contribution in [0.4, 0.5) is 0 Å². The molecule has 53 heavy (non-hydrogen) atoms. The molecule has 4 nitrogen and oxygen atoms in total. The molecule has 0 saturated carbocycles. The second-order valence-electron chi connectivity index (χ2n) is 16.4. The number of aliphatic hydroxyl groups is 1. The predicted molar refractivity (Wildman–Crippen MR) is 227 cm³/mol. The third kappa shape index (κ3) is 8.49. The summed E-state index contributed by atoms with van der Waals surface area (Å²) >= 11 is 3.75. The van der Waals surface area contributed by atoms with E-state index in [2.05, 4.69) is 90.1 Å². The van der Waals surface area contributed by atoms with Crippen molar-refractivity contribution in [3.8, 4) is 11.3 Å². The molecule has 0 aliphatic rings. The number of rotatable bonds is 10. The molecule has 7 heteroatoms. The molecule has 3 heterocycles. The first-order valence-electron chi connectivity index (χ1n) is 19.0. The molecule has 1 radical (unpaired) electrons. The van der Waals surface area contributed by atoms with Gasteiger partial charge < -0.3 is 5.11 Å². The van der Waals surface area contributed by atoms with E-state index in [1.807, 2.05) is 52.9 Å². The Balaban J connectivity index is 0.000000299. The van der Waals surface area contributed by atoms with Gasteiger partial charge in [-0.2, -0.15) is 0 Å². The van der Waals surface area contributed by atoms with Crippen LogP contribution in [0.5, 0.6) is 0 Å². The Labute approximate surface area is 338 Å². The van der Waals surface area contributed by atoms with Gasteiger partial charge in [0.15, 0.2) is 5.78 Å². The number of carbonyl (C=O) groups excluding carboxylic acids is 1. The first-order valence-corrected chi connectivity index (χ1v) is 20.6. The SMILES string of the molecule is CCC(C)(CC)C(=O)/C=C(\O)C(C)(CC)CC.Cc1c(CC(C)C)sc2ccc3c(sc4ncnc(-c5[c-]c6ccccc6c(C(C)(C)C)c5)c43)c12.[Ir]. The number of aliphatic hydroxyl groups excluding tert-OH is 1. The average Bonchev–Trinajstić information content (AvgIpc) is 3.66. The largest absolute Gasteiger partial charge is 0.512 e. The van der Waals surface area contributed by atoms with Crippen LogP contribution in [0.1, 0.15) is 118 Å². The Morgan fingerprint density at radius 3 is 2.11 bits per heavy atom. The first-order chi connectivity index (χ1) is 24.5. The zero-order valence-corrected chi connectivity index (χ0v) is 37.7. The number of aromatic nitrogens is 2. The van der Waals surface area contributed by atoms with Crippen molar-refractivity contribution in [3.05, 3.63) is 82.7 Å². The fraction of sp³-hybridized carbons (Fsp3) is 0.457. The van der Waals surface area contributed by atoms with Crippen molar-refractivity contribution in [3.63, 3.8) is 0 Å². The number of carbonyl (C=O) groups is 1. The van der Waals surface area contributed by atoms with E-state index in [4.69, 9.17) is 9.97 Å². The molecule has 6 rings (SSSR count). The Kier molecular flexibility index (Phi) is 13.6. The third-order valence-corrected chi connectivity index (χ3v) is 13.9. The molecule has 0 bridgehead atoms. The Morgan fingerprint density at radius 2 is 1.51 bits per heavy atom. The summed E-state index contributed by atoms with van der Waals surface area (Å²) in [4.78, 5) is 24.3. The quantitative estimate of drug-likeness (QED) is 0.0845. The summed E-state index contributed by atoms with van der Waals surface area (Å²) in [6.45, 7) is 25.8. The standard InChI is InChI=1S/C31H29N2S2.C15H28O2.Ir/c1-17(2)13-25-18(3)26-24(34-25)12-11-22-27-28(32-16-33-30(27)35-29(22)26)20-14-19-9-7-8-10-21(19)23(15-20)31(4,5)6;1-7-14(5,8-2)12(16)11-13(17)15(6,9-3)10-4;/h7-12,15-17H,13H2,1-6H3;11,16H,7-10H2,1-6H3;/q-1;;/b;12-11-;. The molecule has 3 aromatic heterocycles. The van der Waals surface area contributed by atoms with Crippen LogP contribution in [-0.4, -0.2) is 20.9 Å². The van der Waals surface area contributed by atoms with Gasteiger partial charge in [-0.3, -0.25) is 9.78 Å². The van der Waals surface area contributed by atoms with E-state index in [1.165, 1.54) is 47.6 Å². The zero-order chi connectivity index (χ0) is 38.2. The van der Waals surface area contributed by atoms with Gasteiger partial charge in [0.25, 0.3) is 0 Å². The van der Waals surface area contributed by atoms with Crippen LogP contribution in [0.3, 0.4) is 0 Å². The summed E-state index contributed by atoms with van der Waals surface area (Å²) < 4.78 is 2.71. The van der Waals surface area contributed by atoms with Crippen molar-refractivity contribution in [1.82, 2.24) is 9.97 Å². The summed E-state index contributed by atoms with van der Waals surface area (Å²) in [6.07, 6.45) is 7.60. The average molecular weight is 926 g/mol. The summed E-state index contributed by atoms with van der Waals surface area (Å²) in [6, 6.07) is 19.1. The monoisotopic (exact) mass is 926 g/mol. The molecule has 285 valence electrons. The number of thiophene rings is 2. The zero-order valence-electron chi connectivity index (χ0n) is 33.7. The van der Waals surface area contributed by atoms with Crippen molar-refractivity contribution in [2.45, 2.75) is 121 Å². The van der Waals surface area contributed by atoms with Crippen molar-refractivity contribution >= 4 is 69.6 Å². The molecule has 0 amide bonds. The van der Waals surface area contributed by atoms with E-state index < -0.39 is 0 Å². The minimum absolute atomic E-state index is 0. The Hall–Kier alpha value is -2.96. The van der Waals surface area contributed by atoms with Crippen LogP contribution in [0.2, 0.25) is 0 Å². The fourth-order valence-electron chi connectivity index (χ4n) is 6.87. The van der Waals surface area contributed by atoms with Gasteiger partial charge in [-0.1, -0.05) is 111 Å². The van der Waals surface area contributed by atoms with Crippen molar-refractivity contribution in [2.24, 2.45) is 16.7 Å². The normalized spacial score (nSPS) is 12.8. The molecule has 0 aliphatic heterocycles. The molecular weight excluding hydrogens is 869 g/mol. The summed E-state index contributed by atoms with van der Waals surface area (Å²) in [7, 11) is 0. The first kappa shape index (κ1) is 42.8. The number of benzene rings is 3.